The second-order valence-electron chi connectivity index (χ2n) is 6.64. The molecule has 124 valence electrons. The first-order chi connectivity index (χ1) is 10.8. The number of benzene rings is 1. The standard InChI is InChI=1S/C18H20F3NO/c1-3-12-8-7-11(2)16-15(12)10-22(17(16)23)14-6-4-5-13(9-14)18(19,20)21/h3-6,9,11-12,15-16H,1,7-8,10H2,2H3. The van der Waals surface area contributed by atoms with Crippen molar-refractivity contribution < 1.29 is 18.0 Å². The summed E-state index contributed by atoms with van der Waals surface area (Å²) in [6, 6.07) is 5.05. The number of halogens is 3. The molecular weight excluding hydrogens is 303 g/mol. The summed E-state index contributed by atoms with van der Waals surface area (Å²) in [4.78, 5) is 14.3. The second-order valence-corrected chi connectivity index (χ2v) is 6.64. The Morgan fingerprint density at radius 3 is 2.70 bits per heavy atom. The maximum Gasteiger partial charge on any atom is 0.416 e. The Bertz CT molecular complexity index is 625. The van der Waals surface area contributed by atoms with Gasteiger partial charge < -0.3 is 4.90 Å². The van der Waals surface area contributed by atoms with Gasteiger partial charge in [-0.15, -0.1) is 6.58 Å². The van der Waals surface area contributed by atoms with E-state index in [1.807, 2.05) is 6.08 Å². The van der Waals surface area contributed by atoms with Gasteiger partial charge in [0.05, 0.1) is 5.56 Å². The lowest BCUT2D eigenvalue weighted by Gasteiger charge is -2.34. The topological polar surface area (TPSA) is 20.3 Å². The predicted octanol–water partition coefficient (Wildman–Crippen LogP) is 4.52. The maximum absolute atomic E-state index is 12.9. The molecule has 4 atom stereocenters. The van der Waals surface area contributed by atoms with Crippen LogP contribution in [0.5, 0.6) is 0 Å². The summed E-state index contributed by atoms with van der Waals surface area (Å²) in [6.07, 6.45) is -0.551. The molecule has 2 fully saturated rings. The van der Waals surface area contributed by atoms with E-state index in [-0.39, 0.29) is 29.6 Å². The quantitative estimate of drug-likeness (QED) is 0.733. The molecule has 3 rings (SSSR count). The lowest BCUT2D eigenvalue weighted by atomic mass is 9.68. The fourth-order valence-corrected chi connectivity index (χ4v) is 4.07. The highest BCUT2D eigenvalue weighted by Gasteiger charge is 2.48. The Labute approximate surface area is 134 Å². The first-order valence-corrected chi connectivity index (χ1v) is 7.94. The molecule has 1 aromatic rings. The molecule has 0 N–H and O–H groups in total. The highest BCUT2D eigenvalue weighted by atomic mass is 19.4. The summed E-state index contributed by atoms with van der Waals surface area (Å²) in [5, 5.41) is 0. The predicted molar refractivity (Wildman–Crippen MR) is 82.9 cm³/mol. The lowest BCUT2D eigenvalue weighted by molar-refractivity contribution is -0.137. The number of anilines is 1. The Morgan fingerprint density at radius 2 is 2.04 bits per heavy atom. The van der Waals surface area contributed by atoms with Crippen LogP contribution in [0.1, 0.15) is 25.3 Å². The SMILES string of the molecule is C=CC1CCC(C)C2C(=O)N(c3cccc(C(F)(F)F)c3)CC12. The Balaban J connectivity index is 1.93. The number of fused-ring (bicyclic) bond motifs is 1. The van der Waals surface area contributed by atoms with Gasteiger partial charge in [0.2, 0.25) is 5.91 Å². The Hall–Kier alpha value is -1.78. The van der Waals surface area contributed by atoms with E-state index in [2.05, 4.69) is 13.5 Å². The van der Waals surface area contributed by atoms with Gasteiger partial charge >= 0.3 is 6.18 Å². The molecule has 0 aromatic heterocycles. The van der Waals surface area contributed by atoms with Crippen LogP contribution >= 0.6 is 0 Å². The summed E-state index contributed by atoms with van der Waals surface area (Å²) in [7, 11) is 0. The van der Waals surface area contributed by atoms with Crippen molar-refractivity contribution in [3.05, 3.63) is 42.5 Å². The van der Waals surface area contributed by atoms with Gasteiger partial charge in [-0.2, -0.15) is 13.2 Å². The molecule has 0 radical (unpaired) electrons. The van der Waals surface area contributed by atoms with E-state index in [1.54, 1.807) is 6.07 Å². The van der Waals surface area contributed by atoms with Crippen molar-refractivity contribution in [3.8, 4) is 0 Å². The van der Waals surface area contributed by atoms with Crippen LogP contribution in [-0.2, 0) is 11.0 Å². The number of nitrogens with zero attached hydrogens (tertiary/aromatic N) is 1. The van der Waals surface area contributed by atoms with E-state index < -0.39 is 11.7 Å². The van der Waals surface area contributed by atoms with E-state index in [9.17, 15) is 18.0 Å². The molecule has 1 aromatic carbocycles. The van der Waals surface area contributed by atoms with Crippen molar-refractivity contribution in [2.24, 2.45) is 23.7 Å². The summed E-state index contributed by atoms with van der Waals surface area (Å²) < 4.78 is 38.7. The maximum atomic E-state index is 12.9. The van der Waals surface area contributed by atoms with Crippen LogP contribution in [-0.4, -0.2) is 12.5 Å². The molecule has 0 bridgehead atoms. The van der Waals surface area contributed by atoms with E-state index in [0.29, 0.717) is 12.2 Å². The molecular formula is C18H20F3NO. The fourth-order valence-electron chi connectivity index (χ4n) is 4.07. The molecule has 1 saturated heterocycles. The van der Waals surface area contributed by atoms with Crippen molar-refractivity contribution in [2.45, 2.75) is 25.9 Å². The third-order valence-corrected chi connectivity index (χ3v) is 5.31. The van der Waals surface area contributed by atoms with Crippen LogP contribution < -0.4 is 4.90 Å². The smallest absolute Gasteiger partial charge is 0.312 e. The molecule has 1 aliphatic heterocycles. The molecule has 23 heavy (non-hydrogen) atoms. The minimum atomic E-state index is -4.40. The minimum Gasteiger partial charge on any atom is -0.312 e. The van der Waals surface area contributed by atoms with Gasteiger partial charge in [-0.05, 0) is 48.8 Å². The van der Waals surface area contributed by atoms with Gasteiger partial charge in [-0.3, -0.25) is 4.79 Å². The average Bonchev–Trinajstić information content (AvgIpc) is 2.86. The number of carbonyl (C=O) groups is 1. The van der Waals surface area contributed by atoms with Crippen LogP contribution in [0.15, 0.2) is 36.9 Å². The van der Waals surface area contributed by atoms with Gasteiger partial charge in [0.15, 0.2) is 0 Å². The summed E-state index contributed by atoms with van der Waals surface area (Å²) in [5.41, 5.74) is -0.375. The van der Waals surface area contributed by atoms with Crippen LogP contribution in [0.4, 0.5) is 18.9 Å². The Kier molecular flexibility index (Phi) is 3.98. The van der Waals surface area contributed by atoms with Gasteiger partial charge in [-0.1, -0.05) is 19.1 Å². The van der Waals surface area contributed by atoms with Gasteiger partial charge in [0, 0.05) is 18.2 Å². The Morgan fingerprint density at radius 1 is 1.30 bits per heavy atom. The summed E-state index contributed by atoms with van der Waals surface area (Å²) in [5.74, 6) is 0.517. The van der Waals surface area contributed by atoms with Crippen molar-refractivity contribution >= 4 is 11.6 Å². The highest BCUT2D eigenvalue weighted by molar-refractivity contribution is 5.98. The monoisotopic (exact) mass is 323 g/mol. The largest absolute Gasteiger partial charge is 0.416 e. The van der Waals surface area contributed by atoms with Crippen LogP contribution in [0.3, 0.4) is 0 Å². The molecule has 2 nitrogen and oxygen atoms in total. The zero-order valence-corrected chi connectivity index (χ0v) is 13.0. The molecule has 0 spiro atoms. The van der Waals surface area contributed by atoms with Crippen molar-refractivity contribution in [2.75, 3.05) is 11.4 Å². The lowest BCUT2D eigenvalue weighted by Crippen LogP contribution is -2.34. The van der Waals surface area contributed by atoms with Crippen molar-refractivity contribution in [1.82, 2.24) is 0 Å². The number of carbonyl (C=O) groups excluding carboxylic acids is 1. The minimum absolute atomic E-state index is 0.0478. The molecule has 1 aliphatic carbocycles. The van der Waals surface area contributed by atoms with Crippen LogP contribution in [0, 0.1) is 23.7 Å². The molecule has 1 amide bonds. The third-order valence-electron chi connectivity index (χ3n) is 5.31. The second kappa shape index (κ2) is 5.69. The molecule has 1 saturated carbocycles. The van der Waals surface area contributed by atoms with Crippen LogP contribution in [0.2, 0.25) is 0 Å². The molecule has 2 aliphatic rings. The van der Waals surface area contributed by atoms with Gasteiger partial charge in [0.1, 0.15) is 0 Å². The number of alkyl halides is 3. The summed E-state index contributed by atoms with van der Waals surface area (Å²) in [6.45, 7) is 6.40. The fraction of sp³-hybridized carbons (Fsp3) is 0.500. The number of rotatable bonds is 2. The normalized spacial score (nSPS) is 31.1. The van der Waals surface area contributed by atoms with E-state index in [4.69, 9.17) is 0 Å². The molecule has 1 heterocycles. The third kappa shape index (κ3) is 2.77. The summed E-state index contributed by atoms with van der Waals surface area (Å²) >= 11 is 0. The highest BCUT2D eigenvalue weighted by Crippen LogP contribution is 2.46. The van der Waals surface area contributed by atoms with Crippen molar-refractivity contribution in [3.63, 3.8) is 0 Å². The van der Waals surface area contributed by atoms with E-state index in [1.165, 1.54) is 11.0 Å². The zero-order valence-electron chi connectivity index (χ0n) is 13.0. The van der Waals surface area contributed by atoms with E-state index in [0.717, 1.165) is 25.0 Å². The number of hydrogen-bond acceptors (Lipinski definition) is 1. The number of allylic oxidation sites excluding steroid dienone is 1. The zero-order chi connectivity index (χ0) is 16.8. The van der Waals surface area contributed by atoms with Gasteiger partial charge in [-0.25, -0.2) is 0 Å². The van der Waals surface area contributed by atoms with Crippen molar-refractivity contribution in [1.29, 1.82) is 0 Å². The molecule has 4 unspecified atom stereocenters. The molecule has 5 heteroatoms. The first kappa shape index (κ1) is 16.1. The first-order valence-electron chi connectivity index (χ1n) is 7.94. The van der Waals surface area contributed by atoms with Crippen LogP contribution in [0.25, 0.3) is 0 Å². The van der Waals surface area contributed by atoms with Gasteiger partial charge in [0.25, 0.3) is 0 Å². The number of hydrogen-bond donors (Lipinski definition) is 0. The average molecular weight is 323 g/mol. The number of amides is 1. The van der Waals surface area contributed by atoms with E-state index >= 15 is 0 Å².